The fraction of sp³-hybridized carbons (Fsp3) is 0.462. The van der Waals surface area contributed by atoms with Crippen molar-refractivity contribution >= 4 is 11.0 Å². The van der Waals surface area contributed by atoms with Crippen molar-refractivity contribution < 1.29 is 14.4 Å². The normalized spacial score (nSPS) is 11.0. The Kier molecular flexibility index (Phi) is 3.64. The highest BCUT2D eigenvalue weighted by Gasteiger charge is 2.13. The predicted octanol–water partition coefficient (Wildman–Crippen LogP) is 2.46. The molecule has 0 spiro atoms. The fourth-order valence-electron chi connectivity index (χ4n) is 1.82. The molecule has 92 valence electrons. The predicted molar refractivity (Wildman–Crippen MR) is 65.3 cm³/mol. The summed E-state index contributed by atoms with van der Waals surface area (Å²) < 4.78 is 10.9. The van der Waals surface area contributed by atoms with Gasteiger partial charge in [-0.1, -0.05) is 12.1 Å². The minimum Gasteiger partial charge on any atom is -0.493 e. The molecule has 0 amide bonds. The second-order valence-corrected chi connectivity index (χ2v) is 4.02. The molecule has 0 radical (unpaired) electrons. The van der Waals surface area contributed by atoms with Crippen LogP contribution in [0.25, 0.3) is 11.0 Å². The fourth-order valence-corrected chi connectivity index (χ4v) is 1.82. The van der Waals surface area contributed by atoms with Gasteiger partial charge in [-0.3, -0.25) is 0 Å². The molecule has 1 aromatic heterocycles. The molecule has 0 aliphatic rings. The molecule has 17 heavy (non-hydrogen) atoms. The lowest BCUT2D eigenvalue weighted by atomic mass is 10.1. The third kappa shape index (κ3) is 2.26. The van der Waals surface area contributed by atoms with E-state index in [1.807, 2.05) is 19.1 Å². The van der Waals surface area contributed by atoms with Gasteiger partial charge in [0, 0.05) is 24.0 Å². The Morgan fingerprint density at radius 3 is 2.94 bits per heavy atom. The molecule has 0 saturated carbocycles. The molecular weight excluding hydrogens is 218 g/mol. The number of benzene rings is 1. The summed E-state index contributed by atoms with van der Waals surface area (Å²) in [6, 6.07) is 3.88. The minimum absolute atomic E-state index is 0.0781. The lowest BCUT2D eigenvalue weighted by molar-refractivity contribution is 0.295. The summed E-state index contributed by atoms with van der Waals surface area (Å²) in [5.41, 5.74) is 2.52. The van der Waals surface area contributed by atoms with Gasteiger partial charge in [-0.25, -0.2) is 0 Å². The van der Waals surface area contributed by atoms with E-state index >= 15 is 0 Å². The standard InChI is InChI=1S/C13H17NO3/c1-3-8-16-12-5-4-10-11(6-7-15)14-17-13(10)9(12)2/h4-5,15H,3,6-8H2,1-2H3. The summed E-state index contributed by atoms with van der Waals surface area (Å²) in [5, 5.41) is 13.9. The van der Waals surface area contributed by atoms with E-state index in [-0.39, 0.29) is 6.61 Å². The Balaban J connectivity index is 2.39. The first kappa shape index (κ1) is 11.9. The molecule has 1 heterocycles. The van der Waals surface area contributed by atoms with Crippen molar-refractivity contribution in [1.29, 1.82) is 0 Å². The number of hydrogen-bond donors (Lipinski definition) is 1. The average molecular weight is 235 g/mol. The highest BCUT2D eigenvalue weighted by Crippen LogP contribution is 2.29. The number of aromatic nitrogens is 1. The van der Waals surface area contributed by atoms with E-state index in [4.69, 9.17) is 14.4 Å². The van der Waals surface area contributed by atoms with Crippen molar-refractivity contribution in [2.75, 3.05) is 13.2 Å². The number of fused-ring (bicyclic) bond motifs is 1. The number of aliphatic hydroxyl groups excluding tert-OH is 1. The largest absolute Gasteiger partial charge is 0.493 e. The van der Waals surface area contributed by atoms with Crippen molar-refractivity contribution in [3.63, 3.8) is 0 Å². The van der Waals surface area contributed by atoms with Crippen LogP contribution >= 0.6 is 0 Å². The highest BCUT2D eigenvalue weighted by molar-refractivity contribution is 5.84. The average Bonchev–Trinajstić information content (AvgIpc) is 2.73. The lowest BCUT2D eigenvalue weighted by Crippen LogP contribution is -1.97. The first-order valence-electron chi connectivity index (χ1n) is 5.89. The van der Waals surface area contributed by atoms with Crippen LogP contribution in [0.5, 0.6) is 5.75 Å². The zero-order valence-corrected chi connectivity index (χ0v) is 10.2. The van der Waals surface area contributed by atoms with Crippen LogP contribution in [-0.2, 0) is 6.42 Å². The summed E-state index contributed by atoms with van der Waals surface area (Å²) in [6.07, 6.45) is 1.49. The maximum atomic E-state index is 8.93. The summed E-state index contributed by atoms with van der Waals surface area (Å²) in [5.74, 6) is 0.839. The zero-order chi connectivity index (χ0) is 12.3. The maximum absolute atomic E-state index is 8.93. The molecule has 2 aromatic rings. The summed E-state index contributed by atoms with van der Waals surface area (Å²) >= 11 is 0. The van der Waals surface area contributed by atoms with Gasteiger partial charge >= 0.3 is 0 Å². The van der Waals surface area contributed by atoms with Crippen molar-refractivity contribution in [2.45, 2.75) is 26.7 Å². The van der Waals surface area contributed by atoms with Crippen LogP contribution in [-0.4, -0.2) is 23.5 Å². The monoisotopic (exact) mass is 235 g/mol. The summed E-state index contributed by atoms with van der Waals surface area (Å²) in [6.45, 7) is 4.81. The Hall–Kier alpha value is -1.55. The van der Waals surface area contributed by atoms with Crippen LogP contribution in [0.3, 0.4) is 0 Å². The van der Waals surface area contributed by atoms with Gasteiger partial charge in [0.05, 0.1) is 12.3 Å². The van der Waals surface area contributed by atoms with Gasteiger partial charge in [0.2, 0.25) is 0 Å². The van der Waals surface area contributed by atoms with Crippen molar-refractivity contribution in [2.24, 2.45) is 0 Å². The van der Waals surface area contributed by atoms with Gasteiger partial charge < -0.3 is 14.4 Å². The second-order valence-electron chi connectivity index (χ2n) is 4.02. The Morgan fingerprint density at radius 1 is 1.41 bits per heavy atom. The smallest absolute Gasteiger partial charge is 0.173 e. The number of rotatable bonds is 5. The molecule has 0 bridgehead atoms. The third-order valence-electron chi connectivity index (χ3n) is 2.72. The topological polar surface area (TPSA) is 55.5 Å². The molecule has 0 fully saturated rings. The number of ether oxygens (including phenoxy) is 1. The minimum atomic E-state index is 0.0781. The van der Waals surface area contributed by atoms with Crippen LogP contribution < -0.4 is 4.74 Å². The molecule has 1 N–H and O–H groups in total. The van der Waals surface area contributed by atoms with Crippen LogP contribution in [0.1, 0.15) is 24.6 Å². The van der Waals surface area contributed by atoms with Gasteiger partial charge in [-0.2, -0.15) is 0 Å². The second kappa shape index (κ2) is 5.19. The van der Waals surface area contributed by atoms with Gasteiger partial charge in [0.15, 0.2) is 5.58 Å². The molecule has 4 nitrogen and oxygen atoms in total. The summed E-state index contributed by atoms with van der Waals surface area (Å²) in [7, 11) is 0. The van der Waals surface area contributed by atoms with Crippen LogP contribution in [0.15, 0.2) is 16.7 Å². The molecule has 0 aliphatic carbocycles. The van der Waals surface area contributed by atoms with Crippen LogP contribution in [0, 0.1) is 6.92 Å². The number of nitrogens with zero attached hydrogens (tertiary/aromatic N) is 1. The molecular formula is C13H17NO3. The highest BCUT2D eigenvalue weighted by atomic mass is 16.5. The number of aryl methyl sites for hydroxylation is 1. The van der Waals surface area contributed by atoms with E-state index in [1.165, 1.54) is 0 Å². The molecule has 0 atom stereocenters. The Labute approximate surface area is 100 Å². The Bertz CT molecular complexity index is 505. The molecule has 1 aromatic carbocycles. The van der Waals surface area contributed by atoms with E-state index in [2.05, 4.69) is 12.1 Å². The SMILES string of the molecule is CCCOc1ccc2c(CCO)noc2c1C. The molecule has 0 aliphatic heterocycles. The Morgan fingerprint density at radius 2 is 2.24 bits per heavy atom. The number of hydrogen-bond acceptors (Lipinski definition) is 4. The zero-order valence-electron chi connectivity index (χ0n) is 10.2. The molecule has 4 heteroatoms. The lowest BCUT2D eigenvalue weighted by Gasteiger charge is -2.07. The van der Waals surface area contributed by atoms with Crippen molar-refractivity contribution in [3.05, 3.63) is 23.4 Å². The van der Waals surface area contributed by atoms with E-state index < -0.39 is 0 Å². The van der Waals surface area contributed by atoms with Crippen molar-refractivity contribution in [3.8, 4) is 5.75 Å². The third-order valence-corrected chi connectivity index (χ3v) is 2.72. The quantitative estimate of drug-likeness (QED) is 0.864. The van der Waals surface area contributed by atoms with Gasteiger partial charge in [-0.15, -0.1) is 0 Å². The van der Waals surface area contributed by atoms with E-state index in [1.54, 1.807) is 0 Å². The number of aliphatic hydroxyl groups is 1. The molecule has 2 rings (SSSR count). The first-order chi connectivity index (χ1) is 8.27. The van der Waals surface area contributed by atoms with Gasteiger partial charge in [-0.05, 0) is 25.5 Å². The van der Waals surface area contributed by atoms with Crippen molar-refractivity contribution in [1.82, 2.24) is 5.16 Å². The van der Waals surface area contributed by atoms with Gasteiger partial charge in [0.25, 0.3) is 0 Å². The van der Waals surface area contributed by atoms with Crippen LogP contribution in [0.2, 0.25) is 0 Å². The van der Waals surface area contributed by atoms with E-state index in [0.29, 0.717) is 13.0 Å². The van der Waals surface area contributed by atoms with E-state index in [9.17, 15) is 0 Å². The first-order valence-corrected chi connectivity index (χ1v) is 5.89. The maximum Gasteiger partial charge on any atom is 0.173 e. The van der Waals surface area contributed by atoms with Crippen LogP contribution in [0.4, 0.5) is 0 Å². The summed E-state index contributed by atoms with van der Waals surface area (Å²) in [4.78, 5) is 0. The van der Waals surface area contributed by atoms with E-state index in [0.717, 1.165) is 34.4 Å². The van der Waals surface area contributed by atoms with Gasteiger partial charge in [0.1, 0.15) is 5.75 Å². The molecule has 0 saturated heterocycles. The molecule has 0 unspecified atom stereocenters.